The molecule has 6 rings (SSSR count). The van der Waals surface area contributed by atoms with E-state index < -0.39 is 18.1 Å². The predicted molar refractivity (Wildman–Crippen MR) is 172 cm³/mol. The lowest BCUT2D eigenvalue weighted by molar-refractivity contribution is -0.141. The van der Waals surface area contributed by atoms with Crippen molar-refractivity contribution < 1.29 is 24.2 Å². The maximum absolute atomic E-state index is 13.8. The molecule has 7 nitrogen and oxygen atoms in total. The summed E-state index contributed by atoms with van der Waals surface area (Å²) in [5, 5.41) is 10.4. The minimum Gasteiger partial charge on any atom is -0.488 e. The first-order chi connectivity index (χ1) is 22.0. The third-order valence-electron chi connectivity index (χ3n) is 7.92. The highest BCUT2D eigenvalue weighted by Gasteiger charge is 2.42. The largest absolute Gasteiger partial charge is 0.488 e. The number of nitrogens with zero attached hydrogens (tertiary/aromatic N) is 2. The number of pyridine rings is 1. The summed E-state index contributed by atoms with van der Waals surface area (Å²) in [6.45, 7) is 0.715. The molecule has 8 heteroatoms. The molecule has 45 heavy (non-hydrogen) atoms. The molecule has 1 aliphatic heterocycles. The van der Waals surface area contributed by atoms with Gasteiger partial charge in [0.25, 0.3) is 5.91 Å². The van der Waals surface area contributed by atoms with E-state index in [2.05, 4.69) is 4.98 Å². The van der Waals surface area contributed by atoms with Crippen molar-refractivity contribution in [1.82, 2.24) is 9.88 Å². The van der Waals surface area contributed by atoms with E-state index in [1.165, 1.54) is 4.90 Å². The first-order valence-electron chi connectivity index (χ1n) is 14.7. The van der Waals surface area contributed by atoms with E-state index in [4.69, 9.17) is 21.1 Å². The van der Waals surface area contributed by atoms with Crippen molar-refractivity contribution in [1.29, 1.82) is 0 Å². The fraction of sp³-hybridized carbons (Fsp3) is 0.162. The van der Waals surface area contributed by atoms with Gasteiger partial charge in [0.05, 0.1) is 6.04 Å². The number of likely N-dealkylation sites (tertiary alicyclic amines) is 1. The maximum atomic E-state index is 13.8. The standard InChI is InChI=1S/C37H31ClN2O5/c38-31-14-8-7-13-29(31)32-19-20-33(37(42)43)40(32)36(41)28-17-15-27(16-18-28)30-22-39-35(45-24-26-11-5-2-6-12-26)21-34(30)44-23-25-9-3-1-4-10-25/h1-18,21-22,32-33H,19-20,23-24H2,(H,42,43)/t32-,33+/m1/s1. The third-order valence-corrected chi connectivity index (χ3v) is 8.26. The van der Waals surface area contributed by atoms with Gasteiger partial charge >= 0.3 is 5.97 Å². The quantitative estimate of drug-likeness (QED) is 0.171. The van der Waals surface area contributed by atoms with Crippen molar-refractivity contribution in [2.75, 3.05) is 0 Å². The van der Waals surface area contributed by atoms with Crippen LogP contribution in [0.2, 0.25) is 5.02 Å². The van der Waals surface area contributed by atoms with Crippen LogP contribution >= 0.6 is 11.6 Å². The van der Waals surface area contributed by atoms with Crippen LogP contribution in [0.3, 0.4) is 0 Å². The average Bonchev–Trinajstić information content (AvgIpc) is 3.53. The maximum Gasteiger partial charge on any atom is 0.326 e. The van der Waals surface area contributed by atoms with Gasteiger partial charge in [0.2, 0.25) is 5.88 Å². The Morgan fingerprint density at radius 1 is 0.800 bits per heavy atom. The van der Waals surface area contributed by atoms with Crippen LogP contribution in [0, 0.1) is 0 Å². The molecule has 0 radical (unpaired) electrons. The number of benzene rings is 4. The Kier molecular flexibility index (Phi) is 9.08. The van der Waals surface area contributed by atoms with Crippen molar-refractivity contribution in [3.05, 3.63) is 149 Å². The molecule has 0 saturated carbocycles. The second-order valence-electron chi connectivity index (χ2n) is 10.8. The number of hydrogen-bond donors (Lipinski definition) is 1. The lowest BCUT2D eigenvalue weighted by atomic mass is 10.0. The van der Waals surface area contributed by atoms with Crippen LogP contribution in [0.4, 0.5) is 0 Å². The minimum atomic E-state index is -1.03. The van der Waals surface area contributed by atoms with Crippen LogP contribution in [-0.2, 0) is 18.0 Å². The van der Waals surface area contributed by atoms with Gasteiger partial charge in [0.1, 0.15) is 25.0 Å². The van der Waals surface area contributed by atoms with Gasteiger partial charge in [0, 0.05) is 28.4 Å². The zero-order valence-corrected chi connectivity index (χ0v) is 25.1. The van der Waals surface area contributed by atoms with Crippen molar-refractivity contribution in [3.63, 3.8) is 0 Å². The molecule has 2 atom stereocenters. The molecule has 0 aliphatic carbocycles. The fourth-order valence-corrected chi connectivity index (χ4v) is 5.89. The van der Waals surface area contributed by atoms with Crippen molar-refractivity contribution >= 4 is 23.5 Å². The van der Waals surface area contributed by atoms with Gasteiger partial charge in [0.15, 0.2) is 0 Å². The van der Waals surface area contributed by atoms with E-state index in [0.717, 1.165) is 27.8 Å². The topological polar surface area (TPSA) is 89.0 Å². The minimum absolute atomic E-state index is 0.349. The second-order valence-corrected chi connectivity index (χ2v) is 11.2. The molecule has 2 heterocycles. The highest BCUT2D eigenvalue weighted by atomic mass is 35.5. The summed E-state index contributed by atoms with van der Waals surface area (Å²) in [6, 6.07) is 34.4. The van der Waals surface area contributed by atoms with Gasteiger partial charge in [-0.25, -0.2) is 9.78 Å². The number of carbonyl (C=O) groups is 2. The monoisotopic (exact) mass is 618 g/mol. The summed E-state index contributed by atoms with van der Waals surface area (Å²) in [5.74, 6) is -0.382. The first-order valence-corrected chi connectivity index (χ1v) is 15.1. The van der Waals surface area contributed by atoms with Crippen molar-refractivity contribution in [3.8, 4) is 22.8 Å². The van der Waals surface area contributed by atoms with Crippen molar-refractivity contribution in [2.45, 2.75) is 38.1 Å². The molecule has 226 valence electrons. The van der Waals surface area contributed by atoms with E-state index >= 15 is 0 Å². The van der Waals surface area contributed by atoms with Crippen LogP contribution in [0.15, 0.2) is 121 Å². The fourth-order valence-electron chi connectivity index (χ4n) is 5.63. The molecule has 1 amide bonds. The van der Waals surface area contributed by atoms with E-state index in [0.29, 0.717) is 48.3 Å². The number of amides is 1. The lowest BCUT2D eigenvalue weighted by Gasteiger charge is -2.29. The van der Waals surface area contributed by atoms with Crippen molar-refractivity contribution in [2.24, 2.45) is 0 Å². The van der Waals surface area contributed by atoms with E-state index in [1.54, 1.807) is 30.5 Å². The Morgan fingerprint density at radius 2 is 1.42 bits per heavy atom. The molecule has 1 fully saturated rings. The molecule has 0 unspecified atom stereocenters. The molecule has 0 spiro atoms. The van der Waals surface area contributed by atoms with Gasteiger partial charge in [-0.1, -0.05) is 103 Å². The molecule has 0 bridgehead atoms. The number of ether oxygens (including phenoxy) is 2. The first kappa shape index (κ1) is 29.9. The molecule has 1 saturated heterocycles. The average molecular weight is 619 g/mol. The lowest BCUT2D eigenvalue weighted by Crippen LogP contribution is -2.41. The predicted octanol–water partition coefficient (Wildman–Crippen LogP) is 7.99. The van der Waals surface area contributed by atoms with Crippen LogP contribution in [0.1, 0.15) is 45.9 Å². The van der Waals surface area contributed by atoms with Crippen LogP contribution in [0.5, 0.6) is 11.6 Å². The summed E-state index contributed by atoms with van der Waals surface area (Å²) < 4.78 is 12.2. The van der Waals surface area contributed by atoms with Crippen LogP contribution in [-0.4, -0.2) is 32.9 Å². The number of halogens is 1. The summed E-state index contributed by atoms with van der Waals surface area (Å²) >= 11 is 6.47. The van der Waals surface area contributed by atoms with Gasteiger partial charge in [-0.15, -0.1) is 0 Å². The van der Waals surface area contributed by atoms with Gasteiger partial charge < -0.3 is 19.5 Å². The van der Waals surface area contributed by atoms with E-state index in [-0.39, 0.29) is 5.91 Å². The van der Waals surface area contributed by atoms with Crippen LogP contribution in [0.25, 0.3) is 11.1 Å². The Bertz CT molecular complexity index is 1780. The van der Waals surface area contributed by atoms with E-state index in [1.807, 2.05) is 91.0 Å². The smallest absolute Gasteiger partial charge is 0.326 e. The van der Waals surface area contributed by atoms with Gasteiger partial charge in [-0.2, -0.15) is 0 Å². The number of rotatable bonds is 10. The number of carboxylic acids is 1. The normalized spacial score (nSPS) is 15.9. The number of aromatic nitrogens is 1. The van der Waals surface area contributed by atoms with Crippen LogP contribution < -0.4 is 9.47 Å². The van der Waals surface area contributed by atoms with E-state index in [9.17, 15) is 14.7 Å². The third kappa shape index (κ3) is 6.84. The summed E-state index contributed by atoms with van der Waals surface area (Å²) in [7, 11) is 0. The molecule has 1 N–H and O–H groups in total. The second kappa shape index (κ2) is 13.7. The summed E-state index contributed by atoms with van der Waals surface area (Å²) in [4.78, 5) is 32.0. The molecule has 5 aromatic rings. The Balaban J connectivity index is 1.27. The van der Waals surface area contributed by atoms with Gasteiger partial charge in [-0.3, -0.25) is 4.79 Å². The summed E-state index contributed by atoms with van der Waals surface area (Å²) in [5.41, 5.74) is 4.68. The molecular formula is C37H31ClN2O5. The number of carboxylic acid groups (broad SMARTS) is 1. The highest BCUT2D eigenvalue weighted by Crippen LogP contribution is 2.40. The molecular weight excluding hydrogens is 588 g/mol. The zero-order valence-electron chi connectivity index (χ0n) is 24.4. The Labute approximate surface area is 266 Å². The molecule has 4 aromatic carbocycles. The highest BCUT2D eigenvalue weighted by molar-refractivity contribution is 6.31. The Morgan fingerprint density at radius 3 is 2.07 bits per heavy atom. The molecule has 1 aromatic heterocycles. The number of carbonyl (C=O) groups excluding carboxylic acids is 1. The zero-order chi connectivity index (χ0) is 31.2. The number of hydrogen-bond acceptors (Lipinski definition) is 5. The Hall–Kier alpha value is -5.14. The number of aliphatic carboxylic acids is 1. The SMILES string of the molecule is O=C(O)[C@@H]1CC[C@H](c2ccccc2Cl)N1C(=O)c1ccc(-c2cnc(OCc3ccccc3)cc2OCc2ccccc2)cc1. The summed E-state index contributed by atoms with van der Waals surface area (Å²) in [6.07, 6.45) is 2.56. The van der Waals surface area contributed by atoms with Gasteiger partial charge in [-0.05, 0) is 53.3 Å². The molecule has 1 aliphatic rings.